The Kier molecular flexibility index (Phi) is 5.71. The molecular weight excluding hydrogens is 354 g/mol. The number of halogens is 2. The quantitative estimate of drug-likeness (QED) is 0.756. The lowest BCUT2D eigenvalue weighted by Gasteiger charge is -2.31. The second kappa shape index (κ2) is 7.06. The van der Waals surface area contributed by atoms with Crippen molar-refractivity contribution in [2.75, 3.05) is 0 Å². The third kappa shape index (κ3) is 3.82. The van der Waals surface area contributed by atoms with Crippen molar-refractivity contribution >= 4 is 31.9 Å². The maximum absolute atomic E-state index is 3.75. The average Bonchev–Trinajstić information content (AvgIpc) is 2.40. The zero-order valence-corrected chi connectivity index (χ0v) is 14.1. The van der Waals surface area contributed by atoms with Gasteiger partial charge in [-0.15, -0.1) is 0 Å². The predicted molar refractivity (Wildman–Crippen MR) is 84.7 cm³/mol. The van der Waals surface area contributed by atoms with Gasteiger partial charge in [0, 0.05) is 21.5 Å². The van der Waals surface area contributed by atoms with Gasteiger partial charge in [-0.1, -0.05) is 32.3 Å². The molecule has 2 unspecified atom stereocenters. The molecular formula is C15H21Br2N. The van der Waals surface area contributed by atoms with Crippen LogP contribution in [0.15, 0.2) is 27.1 Å². The van der Waals surface area contributed by atoms with Gasteiger partial charge in [0.15, 0.2) is 0 Å². The lowest BCUT2D eigenvalue weighted by atomic mass is 9.83. The van der Waals surface area contributed by atoms with Crippen molar-refractivity contribution in [2.24, 2.45) is 5.92 Å². The van der Waals surface area contributed by atoms with Gasteiger partial charge in [0.2, 0.25) is 0 Å². The van der Waals surface area contributed by atoms with E-state index in [9.17, 15) is 0 Å². The molecule has 1 nitrogen and oxygen atoms in total. The van der Waals surface area contributed by atoms with E-state index >= 15 is 0 Å². The summed E-state index contributed by atoms with van der Waals surface area (Å²) in [6, 6.07) is 7.21. The Morgan fingerprint density at radius 1 is 1.17 bits per heavy atom. The summed E-state index contributed by atoms with van der Waals surface area (Å²) in [6.07, 6.45) is 6.86. The number of nitrogens with one attached hydrogen (secondary N) is 1. The van der Waals surface area contributed by atoms with E-state index in [0.29, 0.717) is 6.04 Å². The van der Waals surface area contributed by atoms with Crippen LogP contribution in [-0.2, 0) is 6.54 Å². The first kappa shape index (κ1) is 14.5. The summed E-state index contributed by atoms with van der Waals surface area (Å²) in [4.78, 5) is 0. The third-order valence-electron chi connectivity index (χ3n) is 3.99. The van der Waals surface area contributed by atoms with E-state index in [1.807, 2.05) is 0 Å². The second-order valence-corrected chi connectivity index (χ2v) is 6.90. The Morgan fingerprint density at radius 3 is 2.67 bits per heavy atom. The van der Waals surface area contributed by atoms with Gasteiger partial charge in [0.25, 0.3) is 0 Å². The first-order chi connectivity index (χ1) is 8.70. The molecule has 0 saturated heterocycles. The second-order valence-electron chi connectivity index (χ2n) is 5.19. The number of hydrogen-bond donors (Lipinski definition) is 1. The topological polar surface area (TPSA) is 12.0 Å². The summed E-state index contributed by atoms with van der Waals surface area (Å²) in [5.74, 6) is 0.873. The van der Waals surface area contributed by atoms with Crippen LogP contribution in [0.5, 0.6) is 0 Å². The minimum Gasteiger partial charge on any atom is -0.310 e. The van der Waals surface area contributed by atoms with E-state index in [1.54, 1.807) is 0 Å². The molecule has 3 heteroatoms. The molecule has 1 fully saturated rings. The fraction of sp³-hybridized carbons (Fsp3) is 0.600. The van der Waals surface area contributed by atoms with Crippen molar-refractivity contribution in [3.8, 4) is 0 Å². The van der Waals surface area contributed by atoms with Gasteiger partial charge in [-0.05, 0) is 68.3 Å². The third-order valence-corrected chi connectivity index (χ3v) is 5.87. The van der Waals surface area contributed by atoms with Crippen molar-refractivity contribution in [2.45, 2.75) is 51.6 Å². The molecule has 1 aliphatic carbocycles. The summed E-state index contributed by atoms with van der Waals surface area (Å²) < 4.78 is 2.26. The molecule has 0 bridgehead atoms. The Labute approximate surface area is 127 Å². The van der Waals surface area contributed by atoms with E-state index in [1.165, 1.54) is 37.7 Å². The zero-order valence-electron chi connectivity index (χ0n) is 10.9. The lowest BCUT2D eigenvalue weighted by molar-refractivity contribution is 0.254. The molecule has 2 rings (SSSR count). The van der Waals surface area contributed by atoms with Gasteiger partial charge < -0.3 is 5.32 Å². The van der Waals surface area contributed by atoms with Crippen molar-refractivity contribution in [3.63, 3.8) is 0 Å². The van der Waals surface area contributed by atoms with Gasteiger partial charge in [-0.25, -0.2) is 0 Å². The van der Waals surface area contributed by atoms with Crippen LogP contribution in [-0.4, -0.2) is 6.04 Å². The Balaban J connectivity index is 1.91. The minimum absolute atomic E-state index is 0.714. The first-order valence-electron chi connectivity index (χ1n) is 6.88. The fourth-order valence-electron chi connectivity index (χ4n) is 2.86. The van der Waals surface area contributed by atoms with Crippen LogP contribution in [0.2, 0.25) is 0 Å². The molecule has 1 aromatic rings. The van der Waals surface area contributed by atoms with Crippen molar-refractivity contribution in [1.29, 1.82) is 0 Å². The highest BCUT2D eigenvalue weighted by Gasteiger charge is 2.22. The molecule has 100 valence electrons. The van der Waals surface area contributed by atoms with Crippen LogP contribution in [0.1, 0.15) is 44.6 Å². The predicted octanol–water partition coefficient (Wildman–Crippen LogP) is 5.27. The monoisotopic (exact) mass is 373 g/mol. The van der Waals surface area contributed by atoms with E-state index in [2.05, 4.69) is 62.3 Å². The van der Waals surface area contributed by atoms with Crippen molar-refractivity contribution in [1.82, 2.24) is 5.32 Å². The summed E-state index contributed by atoms with van der Waals surface area (Å²) >= 11 is 7.07. The summed E-state index contributed by atoms with van der Waals surface area (Å²) in [5.41, 5.74) is 1.35. The van der Waals surface area contributed by atoms with Crippen LogP contribution in [0.3, 0.4) is 0 Å². The van der Waals surface area contributed by atoms with Crippen LogP contribution >= 0.6 is 31.9 Å². The maximum atomic E-state index is 3.75. The zero-order chi connectivity index (χ0) is 13.0. The normalized spacial score (nSPS) is 24.2. The lowest BCUT2D eigenvalue weighted by Crippen LogP contribution is -2.37. The standard InChI is InChI=1S/C15H21Br2N/c1-2-12-5-3-4-6-15(12)18-10-11-7-8-13(16)14(17)9-11/h7-9,12,15,18H,2-6,10H2,1H3. The van der Waals surface area contributed by atoms with Crippen LogP contribution in [0.4, 0.5) is 0 Å². The fourth-order valence-corrected chi connectivity index (χ4v) is 3.54. The van der Waals surface area contributed by atoms with Crippen LogP contribution in [0, 0.1) is 5.92 Å². The molecule has 2 atom stereocenters. The van der Waals surface area contributed by atoms with Crippen molar-refractivity contribution in [3.05, 3.63) is 32.7 Å². The molecule has 0 amide bonds. The Morgan fingerprint density at radius 2 is 1.94 bits per heavy atom. The Hall–Kier alpha value is 0.140. The van der Waals surface area contributed by atoms with Gasteiger partial charge in [-0.2, -0.15) is 0 Å². The molecule has 0 aliphatic heterocycles. The largest absolute Gasteiger partial charge is 0.310 e. The number of hydrogen-bond acceptors (Lipinski definition) is 1. The maximum Gasteiger partial charge on any atom is 0.0320 e. The van der Waals surface area contributed by atoms with E-state index in [4.69, 9.17) is 0 Å². The van der Waals surface area contributed by atoms with E-state index in [-0.39, 0.29) is 0 Å². The molecule has 1 saturated carbocycles. The molecule has 0 aromatic heterocycles. The van der Waals surface area contributed by atoms with Gasteiger partial charge in [0.05, 0.1) is 0 Å². The van der Waals surface area contributed by atoms with Crippen molar-refractivity contribution < 1.29 is 0 Å². The highest BCUT2D eigenvalue weighted by molar-refractivity contribution is 9.13. The SMILES string of the molecule is CCC1CCCCC1NCc1ccc(Br)c(Br)c1. The van der Waals surface area contributed by atoms with Gasteiger partial charge in [-0.3, -0.25) is 0 Å². The first-order valence-corrected chi connectivity index (χ1v) is 8.46. The smallest absolute Gasteiger partial charge is 0.0320 e. The number of rotatable bonds is 4. The molecule has 1 aliphatic rings. The molecule has 18 heavy (non-hydrogen) atoms. The Bertz CT molecular complexity index is 392. The van der Waals surface area contributed by atoms with Crippen LogP contribution in [0.25, 0.3) is 0 Å². The molecule has 1 aromatic carbocycles. The highest BCUT2D eigenvalue weighted by Crippen LogP contribution is 2.28. The van der Waals surface area contributed by atoms with Gasteiger partial charge >= 0.3 is 0 Å². The minimum atomic E-state index is 0.714. The average molecular weight is 375 g/mol. The summed E-state index contributed by atoms with van der Waals surface area (Å²) in [6.45, 7) is 3.30. The van der Waals surface area contributed by atoms with Gasteiger partial charge in [0.1, 0.15) is 0 Å². The summed E-state index contributed by atoms with van der Waals surface area (Å²) in [5, 5.41) is 3.75. The van der Waals surface area contributed by atoms with E-state index < -0.39 is 0 Å². The molecule has 0 spiro atoms. The molecule has 1 N–H and O–H groups in total. The molecule has 0 heterocycles. The molecule has 0 radical (unpaired) electrons. The highest BCUT2D eigenvalue weighted by atomic mass is 79.9. The number of benzene rings is 1. The van der Waals surface area contributed by atoms with Crippen LogP contribution < -0.4 is 5.32 Å². The van der Waals surface area contributed by atoms with E-state index in [0.717, 1.165) is 21.4 Å². The summed E-state index contributed by atoms with van der Waals surface area (Å²) in [7, 11) is 0.